The van der Waals surface area contributed by atoms with Crippen LogP contribution in [0.15, 0.2) is 42.5 Å². The maximum Gasteiger partial charge on any atom is 0.226 e. The molecule has 0 saturated carbocycles. The average molecular weight is 351 g/mol. The zero-order valence-corrected chi connectivity index (χ0v) is 15.8. The van der Waals surface area contributed by atoms with Gasteiger partial charge in [0.25, 0.3) is 0 Å². The van der Waals surface area contributed by atoms with E-state index in [1.807, 2.05) is 12.1 Å². The summed E-state index contributed by atoms with van der Waals surface area (Å²) in [6.07, 6.45) is 4.32. The molecule has 0 atom stereocenters. The molecule has 0 bridgehead atoms. The van der Waals surface area contributed by atoms with Crippen LogP contribution in [0.1, 0.15) is 36.8 Å². The maximum absolute atomic E-state index is 12.2. The summed E-state index contributed by atoms with van der Waals surface area (Å²) >= 11 is 0. The van der Waals surface area contributed by atoms with E-state index < -0.39 is 0 Å². The van der Waals surface area contributed by atoms with E-state index in [-0.39, 0.29) is 5.91 Å². The van der Waals surface area contributed by atoms with E-state index in [1.54, 1.807) is 0 Å². The van der Waals surface area contributed by atoms with Crippen LogP contribution < -0.4 is 15.5 Å². The summed E-state index contributed by atoms with van der Waals surface area (Å²) in [5.41, 5.74) is 5.64. The Labute approximate surface area is 156 Å². The Balaban J connectivity index is 1.45. The van der Waals surface area contributed by atoms with Crippen molar-refractivity contribution in [1.82, 2.24) is 0 Å². The van der Waals surface area contributed by atoms with E-state index in [2.05, 4.69) is 59.7 Å². The van der Waals surface area contributed by atoms with Crippen molar-refractivity contribution in [3.8, 4) is 0 Å². The minimum absolute atomic E-state index is 0.0348. The highest BCUT2D eigenvalue weighted by molar-refractivity contribution is 5.91. The number of rotatable bonds is 6. The molecule has 0 aliphatic carbocycles. The van der Waals surface area contributed by atoms with Crippen molar-refractivity contribution in [3.05, 3.63) is 53.6 Å². The minimum Gasteiger partial charge on any atom is -0.385 e. The van der Waals surface area contributed by atoms with Crippen molar-refractivity contribution in [2.24, 2.45) is 0 Å². The number of amides is 1. The molecular weight excluding hydrogens is 322 g/mol. The van der Waals surface area contributed by atoms with Gasteiger partial charge < -0.3 is 15.5 Å². The third kappa shape index (κ3) is 5.25. The molecule has 2 aromatic carbocycles. The molecule has 0 spiro atoms. The molecule has 4 nitrogen and oxygen atoms in total. The quantitative estimate of drug-likeness (QED) is 0.790. The zero-order valence-electron chi connectivity index (χ0n) is 15.8. The van der Waals surface area contributed by atoms with Gasteiger partial charge in [0.05, 0.1) is 0 Å². The molecule has 26 heavy (non-hydrogen) atoms. The summed E-state index contributed by atoms with van der Waals surface area (Å²) in [5.74, 6) is 0.0348. The molecule has 2 N–H and O–H groups in total. The Bertz CT molecular complexity index is 713. The first-order valence-electron chi connectivity index (χ1n) is 9.57. The van der Waals surface area contributed by atoms with Crippen LogP contribution in [0.25, 0.3) is 0 Å². The van der Waals surface area contributed by atoms with Gasteiger partial charge in [-0.15, -0.1) is 0 Å². The lowest BCUT2D eigenvalue weighted by atomic mass is 10.1. The first-order valence-corrected chi connectivity index (χ1v) is 9.57. The highest BCUT2D eigenvalue weighted by atomic mass is 16.1. The van der Waals surface area contributed by atoms with E-state index in [4.69, 9.17) is 0 Å². The number of anilines is 3. The Morgan fingerprint density at radius 3 is 2.23 bits per heavy atom. The summed E-state index contributed by atoms with van der Waals surface area (Å²) in [4.78, 5) is 14.6. The van der Waals surface area contributed by atoms with Gasteiger partial charge in [0.1, 0.15) is 0 Å². The highest BCUT2D eigenvalue weighted by Gasteiger charge is 2.11. The van der Waals surface area contributed by atoms with Gasteiger partial charge in [-0.25, -0.2) is 0 Å². The molecule has 0 unspecified atom stereocenters. The van der Waals surface area contributed by atoms with Crippen molar-refractivity contribution < 1.29 is 4.79 Å². The second-order valence-electron chi connectivity index (χ2n) is 7.20. The van der Waals surface area contributed by atoms with Crippen LogP contribution in [0.4, 0.5) is 17.1 Å². The van der Waals surface area contributed by atoms with Gasteiger partial charge in [0.2, 0.25) is 5.91 Å². The maximum atomic E-state index is 12.2. The lowest BCUT2D eigenvalue weighted by Crippen LogP contribution is -2.29. The molecule has 1 amide bonds. The first-order chi connectivity index (χ1) is 12.6. The molecule has 3 rings (SSSR count). The number of piperidine rings is 1. The second kappa shape index (κ2) is 8.75. The van der Waals surface area contributed by atoms with E-state index in [0.29, 0.717) is 13.0 Å². The highest BCUT2D eigenvalue weighted by Crippen LogP contribution is 2.22. The molecule has 138 valence electrons. The van der Waals surface area contributed by atoms with Crippen LogP contribution in [0, 0.1) is 13.8 Å². The van der Waals surface area contributed by atoms with E-state index in [1.165, 1.54) is 36.1 Å². The Hall–Kier alpha value is -2.49. The third-order valence-corrected chi connectivity index (χ3v) is 4.78. The zero-order chi connectivity index (χ0) is 18.4. The van der Waals surface area contributed by atoms with Gasteiger partial charge >= 0.3 is 0 Å². The number of carbonyl (C=O) groups excluding carboxylic acids is 1. The predicted octanol–water partition coefficient (Wildman–Crippen LogP) is 4.73. The molecule has 2 aromatic rings. The first kappa shape index (κ1) is 18.3. The van der Waals surface area contributed by atoms with Crippen LogP contribution >= 0.6 is 0 Å². The van der Waals surface area contributed by atoms with Gasteiger partial charge in [-0.05, 0) is 80.6 Å². The van der Waals surface area contributed by atoms with Gasteiger partial charge in [-0.3, -0.25) is 4.79 Å². The van der Waals surface area contributed by atoms with Gasteiger partial charge in [0.15, 0.2) is 0 Å². The minimum atomic E-state index is 0.0348. The molecule has 1 aliphatic rings. The second-order valence-corrected chi connectivity index (χ2v) is 7.20. The standard InChI is InChI=1S/C22H29N3O/c1-17-14-18(2)16-20(15-17)23-11-10-22(26)24-19-6-8-21(9-7-19)25-12-4-3-5-13-25/h6-9,14-16,23H,3-5,10-13H2,1-2H3,(H,24,26). The Kier molecular flexibility index (Phi) is 6.16. The summed E-state index contributed by atoms with van der Waals surface area (Å²) in [7, 11) is 0. The normalized spacial score (nSPS) is 14.2. The number of nitrogens with zero attached hydrogens (tertiary/aromatic N) is 1. The third-order valence-electron chi connectivity index (χ3n) is 4.78. The number of aryl methyl sites for hydroxylation is 2. The number of benzene rings is 2. The van der Waals surface area contributed by atoms with Crippen molar-refractivity contribution in [2.75, 3.05) is 35.2 Å². The molecule has 0 radical (unpaired) electrons. The molecule has 4 heteroatoms. The monoisotopic (exact) mass is 351 g/mol. The topological polar surface area (TPSA) is 44.4 Å². The van der Waals surface area contributed by atoms with Crippen molar-refractivity contribution >= 4 is 23.0 Å². The van der Waals surface area contributed by atoms with E-state index >= 15 is 0 Å². The molecule has 1 saturated heterocycles. The van der Waals surface area contributed by atoms with E-state index in [0.717, 1.165) is 24.5 Å². The van der Waals surface area contributed by atoms with Crippen LogP contribution in [0.2, 0.25) is 0 Å². The number of nitrogens with one attached hydrogen (secondary N) is 2. The lowest BCUT2D eigenvalue weighted by molar-refractivity contribution is -0.115. The van der Waals surface area contributed by atoms with Gasteiger partial charge in [0, 0.05) is 43.1 Å². The number of hydrogen-bond donors (Lipinski definition) is 2. The van der Waals surface area contributed by atoms with Crippen LogP contribution in [-0.2, 0) is 4.79 Å². The molecule has 0 aromatic heterocycles. The predicted molar refractivity (Wildman–Crippen MR) is 110 cm³/mol. The Morgan fingerprint density at radius 1 is 0.923 bits per heavy atom. The molecule has 1 aliphatic heterocycles. The van der Waals surface area contributed by atoms with Crippen LogP contribution in [-0.4, -0.2) is 25.5 Å². The number of carbonyl (C=O) groups is 1. The Morgan fingerprint density at radius 2 is 1.58 bits per heavy atom. The van der Waals surface area contributed by atoms with Gasteiger partial charge in [-0.1, -0.05) is 6.07 Å². The largest absolute Gasteiger partial charge is 0.385 e. The fourth-order valence-corrected chi connectivity index (χ4v) is 3.53. The molecule has 1 heterocycles. The summed E-state index contributed by atoms with van der Waals surface area (Å²) in [6.45, 7) is 7.06. The van der Waals surface area contributed by atoms with Crippen LogP contribution in [0.5, 0.6) is 0 Å². The SMILES string of the molecule is Cc1cc(C)cc(NCCC(=O)Nc2ccc(N3CCCCC3)cc2)c1. The molecule has 1 fully saturated rings. The average Bonchev–Trinajstić information content (AvgIpc) is 2.62. The van der Waals surface area contributed by atoms with Crippen molar-refractivity contribution in [1.29, 1.82) is 0 Å². The van der Waals surface area contributed by atoms with Crippen LogP contribution in [0.3, 0.4) is 0 Å². The fraction of sp³-hybridized carbons (Fsp3) is 0.409. The summed E-state index contributed by atoms with van der Waals surface area (Å²) in [5, 5.41) is 6.31. The number of hydrogen-bond acceptors (Lipinski definition) is 3. The fourth-order valence-electron chi connectivity index (χ4n) is 3.53. The lowest BCUT2D eigenvalue weighted by Gasteiger charge is -2.28. The smallest absolute Gasteiger partial charge is 0.226 e. The van der Waals surface area contributed by atoms with Crippen molar-refractivity contribution in [2.45, 2.75) is 39.5 Å². The summed E-state index contributed by atoms with van der Waals surface area (Å²) in [6, 6.07) is 14.6. The summed E-state index contributed by atoms with van der Waals surface area (Å²) < 4.78 is 0. The van der Waals surface area contributed by atoms with Crippen molar-refractivity contribution in [3.63, 3.8) is 0 Å². The molecular formula is C22H29N3O. The van der Waals surface area contributed by atoms with E-state index in [9.17, 15) is 4.79 Å². The van der Waals surface area contributed by atoms with Gasteiger partial charge in [-0.2, -0.15) is 0 Å².